The summed E-state index contributed by atoms with van der Waals surface area (Å²) in [6.45, 7) is 0.519. The lowest BCUT2D eigenvalue weighted by atomic mass is 10.2. The zero-order chi connectivity index (χ0) is 19.0. The number of rotatable bonds is 4. The Morgan fingerprint density at radius 1 is 1.22 bits per heavy atom. The molecule has 0 spiro atoms. The van der Waals surface area contributed by atoms with E-state index >= 15 is 0 Å². The molecule has 6 heteroatoms. The predicted octanol–water partition coefficient (Wildman–Crippen LogP) is 3.58. The number of carbonyl (C=O) groups excluding carboxylic acids is 2. The van der Waals surface area contributed by atoms with E-state index in [9.17, 15) is 14.0 Å². The smallest absolute Gasteiger partial charge is 0.250 e. The van der Waals surface area contributed by atoms with Gasteiger partial charge in [-0.05, 0) is 48.6 Å². The fourth-order valence-corrected chi connectivity index (χ4v) is 4.43. The summed E-state index contributed by atoms with van der Waals surface area (Å²) >= 11 is 1.61. The fourth-order valence-electron chi connectivity index (χ4n) is 3.84. The molecule has 2 fully saturated rings. The summed E-state index contributed by atoms with van der Waals surface area (Å²) < 4.78 is 13.3. The first-order chi connectivity index (χ1) is 13.1. The number of anilines is 1. The summed E-state index contributed by atoms with van der Waals surface area (Å²) in [5.74, 6) is -0.582. The molecule has 2 amide bonds. The van der Waals surface area contributed by atoms with Gasteiger partial charge in [0, 0.05) is 17.5 Å². The molecule has 4 nitrogen and oxygen atoms in total. The third kappa shape index (κ3) is 3.25. The molecule has 0 radical (unpaired) electrons. The molecule has 2 atom stereocenters. The minimum atomic E-state index is -0.422. The molecule has 0 aromatic heterocycles. The fraction of sp³-hybridized carbons (Fsp3) is 0.238. The number of benzene rings is 2. The van der Waals surface area contributed by atoms with Crippen molar-refractivity contribution in [3.8, 4) is 0 Å². The van der Waals surface area contributed by atoms with Crippen molar-refractivity contribution in [1.82, 2.24) is 4.90 Å². The van der Waals surface area contributed by atoms with Crippen LogP contribution < -0.4 is 4.90 Å². The second-order valence-corrected chi connectivity index (χ2v) is 7.51. The van der Waals surface area contributed by atoms with Crippen LogP contribution in [0.1, 0.15) is 12.0 Å². The number of fused-ring (bicyclic) bond motifs is 2. The van der Waals surface area contributed by atoms with Gasteiger partial charge in [0.1, 0.15) is 11.9 Å². The Morgan fingerprint density at radius 2 is 2.04 bits per heavy atom. The highest BCUT2D eigenvalue weighted by atomic mass is 32.2. The Kier molecular flexibility index (Phi) is 4.74. The number of nitrogens with zero attached hydrogens (tertiary/aromatic N) is 2. The summed E-state index contributed by atoms with van der Waals surface area (Å²) in [5, 5.41) is 0. The van der Waals surface area contributed by atoms with Crippen molar-refractivity contribution in [2.75, 3.05) is 17.7 Å². The Hall–Kier alpha value is -2.60. The molecular formula is C21H19FN2O2S. The Labute approximate surface area is 161 Å². The van der Waals surface area contributed by atoms with Crippen molar-refractivity contribution < 1.29 is 14.0 Å². The topological polar surface area (TPSA) is 40.6 Å². The van der Waals surface area contributed by atoms with Crippen LogP contribution in [0.2, 0.25) is 0 Å². The van der Waals surface area contributed by atoms with Crippen molar-refractivity contribution in [1.29, 1.82) is 0 Å². The quantitative estimate of drug-likeness (QED) is 0.600. The maximum atomic E-state index is 13.3. The Morgan fingerprint density at radius 3 is 2.78 bits per heavy atom. The first-order valence-corrected chi connectivity index (χ1v) is 10.0. The average Bonchev–Trinajstić information content (AvgIpc) is 3.24. The molecule has 138 valence electrons. The standard InChI is InChI=1S/C21H19FN2O2S/c1-27-19-8-3-2-7-17(19)24-16-12-18(21(24)26)23(13-16)20(25)10-9-14-5-4-6-15(22)11-14/h2-11,16,18H,12-13H2,1H3/t16-,18-/m0/s1. The summed E-state index contributed by atoms with van der Waals surface area (Å²) in [4.78, 5) is 30.0. The number of para-hydroxylation sites is 1. The number of carbonyl (C=O) groups is 2. The highest BCUT2D eigenvalue weighted by Crippen LogP contribution is 2.39. The van der Waals surface area contributed by atoms with Crippen molar-refractivity contribution in [2.45, 2.75) is 23.4 Å². The molecule has 2 aliphatic heterocycles. The van der Waals surface area contributed by atoms with Crippen LogP contribution in [0.25, 0.3) is 6.08 Å². The second kappa shape index (κ2) is 7.19. The van der Waals surface area contributed by atoms with Gasteiger partial charge in [-0.25, -0.2) is 4.39 Å². The van der Waals surface area contributed by atoms with E-state index in [-0.39, 0.29) is 23.7 Å². The van der Waals surface area contributed by atoms with E-state index in [0.717, 1.165) is 10.6 Å². The van der Waals surface area contributed by atoms with E-state index < -0.39 is 6.04 Å². The zero-order valence-corrected chi connectivity index (χ0v) is 15.7. The molecule has 2 aromatic carbocycles. The minimum Gasteiger partial charge on any atom is -0.325 e. The number of hydrogen-bond acceptors (Lipinski definition) is 3. The molecule has 2 aromatic rings. The van der Waals surface area contributed by atoms with Gasteiger partial charge >= 0.3 is 0 Å². The van der Waals surface area contributed by atoms with Crippen LogP contribution in [-0.2, 0) is 9.59 Å². The van der Waals surface area contributed by atoms with Gasteiger partial charge in [0.2, 0.25) is 11.8 Å². The molecule has 0 saturated carbocycles. The third-order valence-electron chi connectivity index (χ3n) is 5.06. The van der Waals surface area contributed by atoms with E-state index in [4.69, 9.17) is 0 Å². The van der Waals surface area contributed by atoms with Gasteiger partial charge < -0.3 is 9.80 Å². The van der Waals surface area contributed by atoms with Gasteiger partial charge in [0.15, 0.2) is 0 Å². The Balaban J connectivity index is 1.50. The van der Waals surface area contributed by atoms with Gasteiger partial charge in [-0.2, -0.15) is 0 Å². The highest BCUT2D eigenvalue weighted by molar-refractivity contribution is 7.98. The molecule has 0 unspecified atom stereocenters. The van der Waals surface area contributed by atoms with Crippen molar-refractivity contribution >= 4 is 35.3 Å². The van der Waals surface area contributed by atoms with Crippen molar-refractivity contribution in [2.24, 2.45) is 0 Å². The van der Waals surface area contributed by atoms with Crippen LogP contribution in [0, 0.1) is 5.82 Å². The number of hydrogen-bond donors (Lipinski definition) is 0. The normalized spacial score (nSPS) is 21.5. The SMILES string of the molecule is CSc1ccccc1N1C(=O)[C@@H]2C[C@H]1CN2C(=O)C=Cc1cccc(F)c1. The monoisotopic (exact) mass is 382 g/mol. The maximum absolute atomic E-state index is 13.3. The summed E-state index contributed by atoms with van der Waals surface area (Å²) in [7, 11) is 0. The van der Waals surface area contributed by atoms with E-state index in [0.29, 0.717) is 18.5 Å². The number of amides is 2. The molecule has 27 heavy (non-hydrogen) atoms. The molecule has 2 heterocycles. The Bertz CT molecular complexity index is 930. The number of piperazine rings is 1. The van der Waals surface area contributed by atoms with Crippen LogP contribution in [-0.4, -0.2) is 41.6 Å². The van der Waals surface area contributed by atoms with Gasteiger partial charge in [-0.3, -0.25) is 9.59 Å². The van der Waals surface area contributed by atoms with Crippen LogP contribution >= 0.6 is 11.8 Å². The lowest BCUT2D eigenvalue weighted by molar-refractivity contribution is -0.134. The van der Waals surface area contributed by atoms with Gasteiger partial charge in [0.05, 0.1) is 11.7 Å². The van der Waals surface area contributed by atoms with E-state index in [1.807, 2.05) is 35.4 Å². The zero-order valence-electron chi connectivity index (χ0n) is 14.8. The molecular weight excluding hydrogens is 363 g/mol. The molecule has 2 bridgehead atoms. The van der Waals surface area contributed by atoms with Crippen LogP contribution in [0.15, 0.2) is 59.5 Å². The summed E-state index contributed by atoms with van der Waals surface area (Å²) in [6.07, 6.45) is 5.65. The van der Waals surface area contributed by atoms with Gasteiger partial charge in [-0.15, -0.1) is 11.8 Å². The molecule has 4 rings (SSSR count). The van der Waals surface area contributed by atoms with E-state index in [2.05, 4.69) is 0 Å². The minimum absolute atomic E-state index is 0.00215. The molecule has 0 aliphatic carbocycles. The number of likely N-dealkylation sites (tertiary alicyclic amines) is 1. The van der Waals surface area contributed by atoms with Crippen LogP contribution in [0.3, 0.4) is 0 Å². The first-order valence-electron chi connectivity index (χ1n) is 8.79. The first kappa shape index (κ1) is 17.8. The van der Waals surface area contributed by atoms with E-state index in [1.54, 1.807) is 34.9 Å². The van der Waals surface area contributed by atoms with Gasteiger partial charge in [0.25, 0.3) is 0 Å². The molecule has 2 saturated heterocycles. The maximum Gasteiger partial charge on any atom is 0.250 e. The number of thioether (sulfide) groups is 1. The summed E-state index contributed by atoms with van der Waals surface area (Å²) in [5.41, 5.74) is 1.54. The van der Waals surface area contributed by atoms with Crippen molar-refractivity contribution in [3.05, 3.63) is 66.0 Å². The van der Waals surface area contributed by atoms with Crippen molar-refractivity contribution in [3.63, 3.8) is 0 Å². The number of halogens is 1. The highest BCUT2D eigenvalue weighted by Gasteiger charge is 2.51. The molecule has 2 aliphatic rings. The van der Waals surface area contributed by atoms with Crippen LogP contribution in [0.5, 0.6) is 0 Å². The predicted molar refractivity (Wildman–Crippen MR) is 105 cm³/mol. The lowest BCUT2D eigenvalue weighted by Crippen LogP contribution is -2.52. The summed E-state index contributed by atoms with van der Waals surface area (Å²) in [6, 6.07) is 13.5. The average molecular weight is 382 g/mol. The largest absolute Gasteiger partial charge is 0.325 e. The van der Waals surface area contributed by atoms with Gasteiger partial charge in [-0.1, -0.05) is 24.3 Å². The third-order valence-corrected chi connectivity index (χ3v) is 5.85. The molecule has 0 N–H and O–H groups in total. The second-order valence-electron chi connectivity index (χ2n) is 6.66. The van der Waals surface area contributed by atoms with Crippen LogP contribution in [0.4, 0.5) is 10.1 Å². The van der Waals surface area contributed by atoms with E-state index in [1.165, 1.54) is 18.2 Å². The lowest BCUT2D eigenvalue weighted by Gasteiger charge is -2.34.